The molecule has 1 amide bonds. The number of carbonyl (C=O) groups excluding carboxylic acids is 1. The maximum absolute atomic E-state index is 12.5. The zero-order valence-electron chi connectivity index (χ0n) is 14.5. The Balaban J connectivity index is 1.65. The highest BCUT2D eigenvalue weighted by molar-refractivity contribution is 7.99. The van der Waals surface area contributed by atoms with Crippen LogP contribution in [0.4, 0.5) is 5.69 Å². The molecule has 0 atom stereocenters. The predicted molar refractivity (Wildman–Crippen MR) is 101 cm³/mol. The molecule has 0 aliphatic heterocycles. The van der Waals surface area contributed by atoms with Gasteiger partial charge in [0.15, 0.2) is 0 Å². The van der Waals surface area contributed by atoms with Gasteiger partial charge in [-0.3, -0.25) is 9.69 Å². The minimum atomic E-state index is -0.211. The predicted octanol–water partition coefficient (Wildman–Crippen LogP) is 3.39. The summed E-state index contributed by atoms with van der Waals surface area (Å²) < 4.78 is 10.7. The summed E-state index contributed by atoms with van der Waals surface area (Å²) in [4.78, 5) is 13.9. The molecule has 0 saturated carbocycles. The molecule has 0 bridgehead atoms. The van der Waals surface area contributed by atoms with Crippen molar-refractivity contribution in [3.8, 4) is 23.3 Å². The van der Waals surface area contributed by atoms with Crippen molar-refractivity contribution in [2.24, 2.45) is 0 Å². The second-order valence-electron chi connectivity index (χ2n) is 5.36. The van der Waals surface area contributed by atoms with Gasteiger partial charge in [0.2, 0.25) is 11.8 Å². The van der Waals surface area contributed by atoms with E-state index in [9.17, 15) is 4.79 Å². The van der Waals surface area contributed by atoms with Crippen molar-refractivity contribution < 1.29 is 13.9 Å². The van der Waals surface area contributed by atoms with E-state index in [4.69, 9.17) is 14.4 Å². The van der Waals surface area contributed by atoms with Crippen molar-refractivity contribution in [2.45, 2.75) is 5.22 Å². The molecule has 7 nitrogen and oxygen atoms in total. The van der Waals surface area contributed by atoms with Gasteiger partial charge in [-0.25, -0.2) is 0 Å². The summed E-state index contributed by atoms with van der Waals surface area (Å²) in [5.41, 5.74) is 1.44. The van der Waals surface area contributed by atoms with Gasteiger partial charge in [-0.05, 0) is 36.4 Å². The summed E-state index contributed by atoms with van der Waals surface area (Å²) in [7, 11) is 1.60. The Bertz CT molecular complexity index is 936. The smallest absolute Gasteiger partial charge is 0.277 e. The van der Waals surface area contributed by atoms with E-state index in [1.807, 2.05) is 36.4 Å². The van der Waals surface area contributed by atoms with E-state index in [0.29, 0.717) is 16.8 Å². The molecule has 0 spiro atoms. The Kier molecular flexibility index (Phi) is 6.07. The molecule has 136 valence electrons. The van der Waals surface area contributed by atoms with Crippen LogP contribution >= 0.6 is 11.8 Å². The molecule has 8 heteroatoms. The molecule has 27 heavy (non-hydrogen) atoms. The normalized spacial score (nSPS) is 10.2. The number of carbonyl (C=O) groups is 1. The van der Waals surface area contributed by atoms with E-state index >= 15 is 0 Å². The van der Waals surface area contributed by atoms with Crippen molar-refractivity contribution in [1.29, 1.82) is 5.26 Å². The second-order valence-corrected chi connectivity index (χ2v) is 6.29. The Labute approximate surface area is 160 Å². The van der Waals surface area contributed by atoms with E-state index in [-0.39, 0.29) is 18.2 Å². The Morgan fingerprint density at radius 2 is 1.93 bits per heavy atom. The molecule has 0 aliphatic carbocycles. The molecule has 0 N–H and O–H groups in total. The lowest BCUT2D eigenvalue weighted by Gasteiger charge is -2.18. The Morgan fingerprint density at radius 3 is 2.59 bits per heavy atom. The average Bonchev–Trinajstić information content (AvgIpc) is 3.20. The number of aromatic nitrogens is 2. The fourth-order valence-corrected chi connectivity index (χ4v) is 2.96. The van der Waals surface area contributed by atoms with Crippen LogP contribution in [0, 0.1) is 11.3 Å². The largest absolute Gasteiger partial charge is 0.497 e. The van der Waals surface area contributed by atoms with E-state index in [0.717, 1.165) is 23.1 Å². The summed E-state index contributed by atoms with van der Waals surface area (Å²) in [5, 5.41) is 17.3. The first kappa shape index (κ1) is 18.5. The SMILES string of the molecule is COc1ccc(-c2nnc(SCC(=O)N(CC#N)c3ccccc3)o2)cc1. The highest BCUT2D eigenvalue weighted by Crippen LogP contribution is 2.25. The van der Waals surface area contributed by atoms with Crippen LogP contribution in [0.2, 0.25) is 0 Å². The number of anilines is 1. The third kappa shape index (κ3) is 4.65. The van der Waals surface area contributed by atoms with Crippen LogP contribution in [0.3, 0.4) is 0 Å². The fourth-order valence-electron chi connectivity index (χ4n) is 2.32. The summed E-state index contributed by atoms with van der Waals surface area (Å²) in [6.07, 6.45) is 0. The van der Waals surface area contributed by atoms with E-state index in [2.05, 4.69) is 10.2 Å². The van der Waals surface area contributed by atoms with Gasteiger partial charge in [-0.2, -0.15) is 5.26 Å². The molecular weight excluding hydrogens is 364 g/mol. The number of methoxy groups -OCH3 is 1. The van der Waals surface area contributed by atoms with E-state index in [1.165, 1.54) is 4.90 Å². The summed E-state index contributed by atoms with van der Waals surface area (Å²) >= 11 is 1.13. The van der Waals surface area contributed by atoms with Crippen molar-refractivity contribution >= 4 is 23.4 Å². The van der Waals surface area contributed by atoms with Gasteiger partial charge in [0.1, 0.15) is 12.3 Å². The monoisotopic (exact) mass is 380 g/mol. The van der Waals surface area contributed by atoms with E-state index in [1.54, 1.807) is 31.4 Å². The molecule has 2 aromatic carbocycles. The van der Waals surface area contributed by atoms with Gasteiger partial charge in [-0.1, -0.05) is 30.0 Å². The number of benzene rings is 2. The quantitative estimate of drug-likeness (QED) is 0.458. The van der Waals surface area contributed by atoms with Crippen molar-refractivity contribution in [3.63, 3.8) is 0 Å². The first-order valence-electron chi connectivity index (χ1n) is 8.04. The third-order valence-electron chi connectivity index (χ3n) is 3.66. The zero-order valence-corrected chi connectivity index (χ0v) is 15.3. The van der Waals surface area contributed by atoms with Crippen molar-refractivity contribution in [3.05, 3.63) is 54.6 Å². The maximum atomic E-state index is 12.5. The zero-order chi connectivity index (χ0) is 19.1. The van der Waals surface area contributed by atoms with Crippen molar-refractivity contribution in [2.75, 3.05) is 24.3 Å². The van der Waals surface area contributed by atoms with Crippen LogP contribution in [-0.2, 0) is 4.79 Å². The number of amides is 1. The maximum Gasteiger partial charge on any atom is 0.277 e. The van der Waals surface area contributed by atoms with Gasteiger partial charge in [0, 0.05) is 11.3 Å². The molecular formula is C19H16N4O3S. The molecule has 1 aromatic heterocycles. The van der Waals surface area contributed by atoms with Gasteiger partial charge in [0.25, 0.3) is 5.22 Å². The minimum Gasteiger partial charge on any atom is -0.497 e. The first-order chi connectivity index (χ1) is 13.2. The standard InChI is InChI=1S/C19H16N4O3S/c1-25-16-9-7-14(8-10-16)18-21-22-19(26-18)27-13-17(24)23(12-11-20)15-5-3-2-4-6-15/h2-10H,12-13H2,1H3. The molecule has 0 aliphatic rings. The lowest BCUT2D eigenvalue weighted by atomic mass is 10.2. The number of thioether (sulfide) groups is 1. The highest BCUT2D eigenvalue weighted by Gasteiger charge is 2.17. The lowest BCUT2D eigenvalue weighted by molar-refractivity contribution is -0.116. The van der Waals surface area contributed by atoms with Crippen LogP contribution < -0.4 is 9.64 Å². The first-order valence-corrected chi connectivity index (χ1v) is 9.03. The number of rotatable bonds is 7. The number of nitrogens with zero attached hydrogens (tertiary/aromatic N) is 4. The number of hydrogen-bond donors (Lipinski definition) is 0. The Morgan fingerprint density at radius 1 is 1.19 bits per heavy atom. The summed E-state index contributed by atoms with van der Waals surface area (Å²) in [6, 6.07) is 18.3. The van der Waals surface area contributed by atoms with Gasteiger partial charge in [0.05, 0.1) is 18.9 Å². The number of nitriles is 1. The van der Waals surface area contributed by atoms with Crippen LogP contribution in [-0.4, -0.2) is 35.5 Å². The molecule has 3 aromatic rings. The fraction of sp³-hybridized carbons (Fsp3) is 0.158. The van der Waals surface area contributed by atoms with Gasteiger partial charge >= 0.3 is 0 Å². The van der Waals surface area contributed by atoms with Crippen LogP contribution in [0.5, 0.6) is 5.75 Å². The molecule has 0 saturated heterocycles. The lowest BCUT2D eigenvalue weighted by Crippen LogP contribution is -2.32. The highest BCUT2D eigenvalue weighted by atomic mass is 32.2. The number of ether oxygens (including phenoxy) is 1. The Hall–Kier alpha value is -3.31. The molecule has 0 radical (unpaired) electrons. The molecule has 1 heterocycles. The third-order valence-corrected chi connectivity index (χ3v) is 4.46. The average molecular weight is 380 g/mol. The van der Waals surface area contributed by atoms with Gasteiger partial charge < -0.3 is 9.15 Å². The second kappa shape index (κ2) is 8.87. The van der Waals surface area contributed by atoms with Crippen LogP contribution in [0.25, 0.3) is 11.5 Å². The minimum absolute atomic E-state index is 0.0235. The van der Waals surface area contributed by atoms with Gasteiger partial charge in [-0.15, -0.1) is 10.2 Å². The van der Waals surface area contributed by atoms with E-state index < -0.39 is 0 Å². The molecule has 0 unspecified atom stereocenters. The molecule has 0 fully saturated rings. The molecule has 3 rings (SSSR count). The summed E-state index contributed by atoms with van der Waals surface area (Å²) in [6.45, 7) is -0.0235. The number of para-hydroxylation sites is 1. The topological polar surface area (TPSA) is 92.3 Å². The van der Waals surface area contributed by atoms with Crippen molar-refractivity contribution in [1.82, 2.24) is 10.2 Å². The van der Waals surface area contributed by atoms with Crippen LogP contribution in [0.15, 0.2) is 64.2 Å². The summed E-state index contributed by atoms with van der Waals surface area (Å²) in [5.74, 6) is 0.972. The van der Waals surface area contributed by atoms with Crippen LogP contribution in [0.1, 0.15) is 0 Å². The number of hydrogen-bond acceptors (Lipinski definition) is 7.